The Morgan fingerprint density at radius 2 is 1.85 bits per heavy atom. The van der Waals surface area contributed by atoms with Gasteiger partial charge >= 0.3 is 0 Å². The van der Waals surface area contributed by atoms with Gasteiger partial charge in [0.05, 0.1) is 6.20 Å². The van der Waals surface area contributed by atoms with E-state index in [1.54, 1.807) is 6.20 Å². The summed E-state index contributed by atoms with van der Waals surface area (Å²) >= 11 is 0. The maximum atomic E-state index is 12.2. The van der Waals surface area contributed by atoms with Crippen molar-refractivity contribution in [3.05, 3.63) is 59.2 Å². The van der Waals surface area contributed by atoms with Gasteiger partial charge in [0.15, 0.2) is 12.4 Å². The SMILES string of the molecule is Cc1c[n+](CC(=O)Cc2c(C)cccc2C)ccn1.[Y]. The van der Waals surface area contributed by atoms with Crippen molar-refractivity contribution < 1.29 is 42.1 Å². The Balaban J connectivity index is 0.00000200. The number of aromatic nitrogens is 2. The zero-order valence-corrected chi connectivity index (χ0v) is 15.1. The third-order valence-corrected chi connectivity index (χ3v) is 3.27. The van der Waals surface area contributed by atoms with E-state index in [4.69, 9.17) is 0 Å². The molecule has 0 fully saturated rings. The first-order valence-corrected chi connectivity index (χ1v) is 6.45. The Hall–Kier alpha value is -0.926. The van der Waals surface area contributed by atoms with Crippen molar-refractivity contribution in [3.8, 4) is 0 Å². The van der Waals surface area contributed by atoms with Crippen LogP contribution in [-0.4, -0.2) is 10.8 Å². The Morgan fingerprint density at radius 1 is 1.20 bits per heavy atom. The van der Waals surface area contributed by atoms with Crippen LogP contribution in [0.25, 0.3) is 0 Å². The van der Waals surface area contributed by atoms with E-state index in [1.807, 2.05) is 30.0 Å². The van der Waals surface area contributed by atoms with Gasteiger partial charge in [0.1, 0.15) is 5.69 Å². The first kappa shape index (κ1) is 17.1. The topological polar surface area (TPSA) is 33.8 Å². The zero-order valence-electron chi connectivity index (χ0n) is 12.3. The zero-order chi connectivity index (χ0) is 13.8. The molecule has 0 amide bonds. The van der Waals surface area contributed by atoms with Crippen LogP contribution in [0.2, 0.25) is 0 Å². The minimum absolute atomic E-state index is 0. The molecule has 0 aliphatic heterocycles. The van der Waals surface area contributed by atoms with Crippen LogP contribution < -0.4 is 4.57 Å². The van der Waals surface area contributed by atoms with Crippen molar-refractivity contribution >= 4 is 5.78 Å². The van der Waals surface area contributed by atoms with Gasteiger partial charge in [-0.25, -0.2) is 4.98 Å². The molecule has 2 aromatic rings. The van der Waals surface area contributed by atoms with E-state index in [0.29, 0.717) is 13.0 Å². The van der Waals surface area contributed by atoms with E-state index in [0.717, 1.165) is 11.3 Å². The smallest absolute Gasteiger partial charge is 0.206 e. The summed E-state index contributed by atoms with van der Waals surface area (Å²) in [6, 6.07) is 6.14. The number of aryl methyl sites for hydroxylation is 3. The van der Waals surface area contributed by atoms with Gasteiger partial charge in [0, 0.05) is 39.1 Å². The predicted molar refractivity (Wildman–Crippen MR) is 73.8 cm³/mol. The Bertz CT molecular complexity index is 591. The normalized spacial score (nSPS) is 9.95. The van der Waals surface area contributed by atoms with E-state index in [1.165, 1.54) is 11.1 Å². The number of carbonyl (C=O) groups excluding carboxylic acids is 1. The molecular weight excluding hydrogens is 325 g/mol. The first-order chi connectivity index (χ1) is 9.06. The monoisotopic (exact) mass is 344 g/mol. The second kappa shape index (κ2) is 7.75. The minimum Gasteiger partial charge on any atom is -0.292 e. The Morgan fingerprint density at radius 3 is 2.45 bits per heavy atom. The largest absolute Gasteiger partial charge is 0.292 e. The molecule has 3 nitrogen and oxygen atoms in total. The van der Waals surface area contributed by atoms with Crippen LogP contribution in [0.1, 0.15) is 22.4 Å². The van der Waals surface area contributed by atoms with Crippen LogP contribution in [-0.2, 0) is 50.5 Å². The summed E-state index contributed by atoms with van der Waals surface area (Å²) < 4.78 is 1.89. The van der Waals surface area contributed by atoms with Crippen LogP contribution in [0.15, 0.2) is 36.8 Å². The van der Waals surface area contributed by atoms with Crippen LogP contribution in [0, 0.1) is 20.8 Å². The van der Waals surface area contributed by atoms with Crippen molar-refractivity contribution in [2.24, 2.45) is 0 Å². The predicted octanol–water partition coefficient (Wildman–Crippen LogP) is 2.10. The number of benzene rings is 1. The maximum absolute atomic E-state index is 12.2. The van der Waals surface area contributed by atoms with E-state index >= 15 is 0 Å². The van der Waals surface area contributed by atoms with Gasteiger partial charge in [0.2, 0.25) is 12.3 Å². The molecule has 0 spiro atoms. The Labute approximate surface area is 145 Å². The molecule has 2 rings (SSSR count). The molecule has 1 heterocycles. The van der Waals surface area contributed by atoms with Gasteiger partial charge in [0.25, 0.3) is 0 Å². The molecule has 0 bridgehead atoms. The second-order valence-corrected chi connectivity index (χ2v) is 4.96. The Kier molecular flexibility index (Phi) is 6.64. The van der Waals surface area contributed by atoms with Crippen molar-refractivity contribution in [2.75, 3.05) is 0 Å². The van der Waals surface area contributed by atoms with Gasteiger partial charge in [-0.15, -0.1) is 0 Å². The number of nitrogens with zero attached hydrogens (tertiary/aromatic N) is 2. The van der Waals surface area contributed by atoms with Gasteiger partial charge in [-0.1, -0.05) is 18.2 Å². The van der Waals surface area contributed by atoms with Crippen LogP contribution >= 0.6 is 0 Å². The third kappa shape index (κ3) is 4.57. The molecule has 1 radical (unpaired) electrons. The molecule has 20 heavy (non-hydrogen) atoms. The van der Waals surface area contributed by atoms with E-state index < -0.39 is 0 Å². The van der Waals surface area contributed by atoms with Crippen molar-refractivity contribution in [3.63, 3.8) is 0 Å². The molecule has 101 valence electrons. The summed E-state index contributed by atoms with van der Waals surface area (Å²) in [4.78, 5) is 16.3. The summed E-state index contributed by atoms with van der Waals surface area (Å²) in [6.07, 6.45) is 5.94. The van der Waals surface area contributed by atoms with E-state index in [-0.39, 0.29) is 38.5 Å². The summed E-state index contributed by atoms with van der Waals surface area (Å²) in [6.45, 7) is 6.43. The number of carbonyl (C=O) groups is 1. The number of Topliss-reactive ketones (excluding diaryl/α,β-unsaturated/α-hetero) is 1. The average molecular weight is 344 g/mol. The van der Waals surface area contributed by atoms with Crippen LogP contribution in [0.3, 0.4) is 0 Å². The molecule has 1 aromatic heterocycles. The molecule has 4 heteroatoms. The van der Waals surface area contributed by atoms with Crippen molar-refractivity contribution in [1.29, 1.82) is 0 Å². The van der Waals surface area contributed by atoms with Gasteiger partial charge in [-0.05, 0) is 37.5 Å². The second-order valence-electron chi connectivity index (χ2n) is 4.96. The fourth-order valence-electron chi connectivity index (χ4n) is 2.24. The minimum atomic E-state index is 0. The quantitative estimate of drug-likeness (QED) is 0.796. The summed E-state index contributed by atoms with van der Waals surface area (Å²) in [5.41, 5.74) is 4.44. The molecule has 0 unspecified atom stereocenters. The first-order valence-electron chi connectivity index (χ1n) is 6.45. The third-order valence-electron chi connectivity index (χ3n) is 3.27. The standard InChI is InChI=1S/C16H19N2O.Y/c1-12-5-4-6-13(2)16(12)9-15(19)11-18-8-7-17-14(3)10-18;/h4-8,10H,9,11H2,1-3H3;/q+1;. The fraction of sp³-hybridized carbons (Fsp3) is 0.312. The molecule has 0 saturated heterocycles. The van der Waals surface area contributed by atoms with Crippen LogP contribution in [0.4, 0.5) is 0 Å². The molecule has 0 N–H and O–H groups in total. The molecule has 0 aliphatic rings. The van der Waals surface area contributed by atoms with Gasteiger partial charge in [-0.2, -0.15) is 4.57 Å². The molecule has 0 aliphatic carbocycles. The number of ketones is 1. The van der Waals surface area contributed by atoms with Crippen LogP contribution in [0.5, 0.6) is 0 Å². The number of rotatable bonds is 4. The fourth-order valence-corrected chi connectivity index (χ4v) is 2.24. The molecule has 0 atom stereocenters. The maximum Gasteiger partial charge on any atom is 0.206 e. The molecular formula is C16H19N2OY+. The summed E-state index contributed by atoms with van der Waals surface area (Å²) in [7, 11) is 0. The molecule has 1 aromatic carbocycles. The van der Waals surface area contributed by atoms with Gasteiger partial charge in [-0.3, -0.25) is 4.79 Å². The van der Waals surface area contributed by atoms with Gasteiger partial charge < -0.3 is 0 Å². The molecule has 0 saturated carbocycles. The summed E-state index contributed by atoms with van der Waals surface area (Å²) in [5.74, 6) is 0.216. The number of hydrogen-bond donors (Lipinski definition) is 0. The average Bonchev–Trinajstić information content (AvgIpc) is 2.34. The van der Waals surface area contributed by atoms with E-state index in [2.05, 4.69) is 31.0 Å². The van der Waals surface area contributed by atoms with Crippen molar-refractivity contribution in [2.45, 2.75) is 33.7 Å². The van der Waals surface area contributed by atoms with Crippen molar-refractivity contribution in [1.82, 2.24) is 4.98 Å². The van der Waals surface area contributed by atoms with E-state index in [9.17, 15) is 4.79 Å². The number of hydrogen-bond acceptors (Lipinski definition) is 2. The summed E-state index contributed by atoms with van der Waals surface area (Å²) in [5, 5.41) is 0.